The Morgan fingerprint density at radius 1 is 1.43 bits per heavy atom. The largest absolute Gasteiger partial charge is 0.505 e. The number of sulfone groups is 1. The third-order valence-electron chi connectivity index (χ3n) is 3.61. The first kappa shape index (κ1) is 14.0. The summed E-state index contributed by atoms with van der Waals surface area (Å²) in [5.74, 6) is -0.387. The van der Waals surface area contributed by atoms with Crippen LogP contribution in [0.2, 0.25) is 0 Å². The van der Waals surface area contributed by atoms with Crippen LogP contribution in [-0.2, 0) is 9.84 Å². The predicted octanol–water partition coefficient (Wildman–Crippen LogP) is 0.160. The molecule has 1 aromatic carbocycles. The normalized spacial score (nSPS) is 26.5. The van der Waals surface area contributed by atoms with Gasteiger partial charge in [-0.1, -0.05) is 0 Å². The molecule has 3 rings (SSSR count). The van der Waals surface area contributed by atoms with Crippen LogP contribution < -0.4 is 10.2 Å². The van der Waals surface area contributed by atoms with Crippen LogP contribution in [0.15, 0.2) is 18.2 Å². The molecule has 2 aliphatic heterocycles. The Bertz CT molecular complexity index is 748. The fourth-order valence-electron chi connectivity index (χ4n) is 2.72. The lowest BCUT2D eigenvalue weighted by molar-refractivity contribution is -0.384. The zero-order valence-electron chi connectivity index (χ0n) is 10.6. The standard InChI is InChI=1S/C11H11N3O5S2/c15-10-3-6(14(16)17)1-2-8(10)13-9-5-21(18,19)4-7(9)12-11(13)20/h1-3,7,9,15H,4-5H2,(H,12,20). The maximum absolute atomic E-state index is 11.7. The molecular weight excluding hydrogens is 318 g/mol. The summed E-state index contributed by atoms with van der Waals surface area (Å²) >= 11 is 5.17. The van der Waals surface area contributed by atoms with Crippen LogP contribution in [0.25, 0.3) is 0 Å². The summed E-state index contributed by atoms with van der Waals surface area (Å²) in [7, 11) is -3.16. The first-order valence-corrected chi connectivity index (χ1v) is 8.29. The zero-order valence-corrected chi connectivity index (χ0v) is 12.2. The van der Waals surface area contributed by atoms with Gasteiger partial charge in [0.05, 0.1) is 40.3 Å². The second kappa shape index (κ2) is 4.53. The number of anilines is 1. The number of aromatic hydroxyl groups is 1. The van der Waals surface area contributed by atoms with Gasteiger partial charge in [0.25, 0.3) is 5.69 Å². The molecule has 8 nitrogen and oxygen atoms in total. The van der Waals surface area contributed by atoms with Crippen molar-refractivity contribution in [3.8, 4) is 5.75 Å². The monoisotopic (exact) mass is 329 g/mol. The molecule has 112 valence electrons. The van der Waals surface area contributed by atoms with Gasteiger partial charge in [-0.05, 0) is 18.3 Å². The van der Waals surface area contributed by atoms with Crippen LogP contribution in [-0.4, -0.2) is 47.1 Å². The molecule has 2 unspecified atom stereocenters. The summed E-state index contributed by atoms with van der Waals surface area (Å²) in [5.41, 5.74) is 0.0209. The second-order valence-corrected chi connectivity index (χ2v) is 7.54. The molecule has 2 atom stereocenters. The molecule has 0 saturated carbocycles. The smallest absolute Gasteiger partial charge is 0.273 e. The lowest BCUT2D eigenvalue weighted by Gasteiger charge is -2.23. The van der Waals surface area contributed by atoms with Gasteiger partial charge in [-0.15, -0.1) is 0 Å². The Morgan fingerprint density at radius 2 is 2.14 bits per heavy atom. The van der Waals surface area contributed by atoms with Gasteiger partial charge >= 0.3 is 0 Å². The van der Waals surface area contributed by atoms with Crippen LogP contribution in [0.3, 0.4) is 0 Å². The summed E-state index contributed by atoms with van der Waals surface area (Å²) in [5, 5.41) is 23.9. The van der Waals surface area contributed by atoms with Crippen molar-refractivity contribution in [2.45, 2.75) is 12.1 Å². The fraction of sp³-hybridized carbons (Fsp3) is 0.364. The molecule has 10 heteroatoms. The Kier molecular flexibility index (Phi) is 3.02. The second-order valence-electron chi connectivity index (χ2n) is 5.00. The van der Waals surface area contributed by atoms with Crippen molar-refractivity contribution in [1.29, 1.82) is 0 Å². The van der Waals surface area contributed by atoms with E-state index in [0.29, 0.717) is 5.11 Å². The molecule has 0 aromatic heterocycles. The number of nitrogens with zero attached hydrogens (tertiary/aromatic N) is 2. The summed E-state index contributed by atoms with van der Waals surface area (Å²) in [6, 6.07) is 2.91. The summed E-state index contributed by atoms with van der Waals surface area (Å²) < 4.78 is 23.4. The minimum absolute atomic E-state index is 0.0119. The van der Waals surface area contributed by atoms with Crippen LogP contribution in [0.4, 0.5) is 11.4 Å². The number of nitro groups is 1. The number of nitro benzene ring substituents is 1. The zero-order chi connectivity index (χ0) is 15.4. The van der Waals surface area contributed by atoms with Gasteiger partial charge in [0.15, 0.2) is 14.9 Å². The lowest BCUT2D eigenvalue weighted by atomic mass is 10.1. The first-order valence-electron chi connectivity index (χ1n) is 6.06. The van der Waals surface area contributed by atoms with Gasteiger partial charge in [0, 0.05) is 6.07 Å². The summed E-state index contributed by atoms with van der Waals surface area (Å²) in [6.07, 6.45) is 0. The van der Waals surface area contributed by atoms with Crippen LogP contribution in [0, 0.1) is 10.1 Å². The van der Waals surface area contributed by atoms with Gasteiger partial charge in [-0.3, -0.25) is 10.1 Å². The van der Waals surface area contributed by atoms with E-state index in [4.69, 9.17) is 12.2 Å². The molecule has 0 radical (unpaired) electrons. The Labute approximate surface area is 125 Å². The van der Waals surface area contributed by atoms with E-state index in [-0.39, 0.29) is 34.7 Å². The molecule has 1 aromatic rings. The number of non-ortho nitro benzene ring substituents is 1. The summed E-state index contributed by atoms with van der Waals surface area (Å²) in [6.45, 7) is 0. The quantitative estimate of drug-likeness (QED) is 0.448. The highest BCUT2D eigenvalue weighted by Crippen LogP contribution is 2.36. The van der Waals surface area contributed by atoms with Crippen molar-refractivity contribution in [2.24, 2.45) is 0 Å². The fourth-order valence-corrected chi connectivity index (χ4v) is 4.99. The molecule has 2 heterocycles. The molecule has 21 heavy (non-hydrogen) atoms. The van der Waals surface area contributed by atoms with Gasteiger partial charge < -0.3 is 15.3 Å². The van der Waals surface area contributed by atoms with Crippen LogP contribution >= 0.6 is 12.2 Å². The predicted molar refractivity (Wildman–Crippen MR) is 79.2 cm³/mol. The highest BCUT2D eigenvalue weighted by atomic mass is 32.2. The average molecular weight is 329 g/mol. The van der Waals surface area contributed by atoms with Gasteiger partial charge in [0.2, 0.25) is 0 Å². The maximum atomic E-state index is 11.7. The number of rotatable bonds is 2. The molecule has 0 spiro atoms. The van der Waals surface area contributed by atoms with Crippen molar-refractivity contribution in [2.75, 3.05) is 16.4 Å². The maximum Gasteiger partial charge on any atom is 0.273 e. The number of hydrogen-bond donors (Lipinski definition) is 2. The molecule has 2 fully saturated rings. The van der Waals surface area contributed by atoms with E-state index < -0.39 is 20.8 Å². The van der Waals surface area contributed by atoms with Crippen molar-refractivity contribution in [3.63, 3.8) is 0 Å². The minimum atomic E-state index is -3.16. The molecule has 2 saturated heterocycles. The van der Waals surface area contributed by atoms with E-state index in [1.807, 2.05) is 0 Å². The van der Waals surface area contributed by atoms with Gasteiger partial charge in [-0.2, -0.15) is 0 Å². The summed E-state index contributed by atoms with van der Waals surface area (Å²) in [4.78, 5) is 11.6. The van der Waals surface area contributed by atoms with Crippen molar-refractivity contribution < 1.29 is 18.4 Å². The lowest BCUT2D eigenvalue weighted by Crippen LogP contribution is -2.36. The molecule has 0 bridgehead atoms. The molecule has 0 aliphatic carbocycles. The number of fused-ring (bicyclic) bond motifs is 1. The highest BCUT2D eigenvalue weighted by Gasteiger charge is 2.48. The molecule has 2 N–H and O–H groups in total. The number of nitrogens with one attached hydrogen (secondary N) is 1. The highest BCUT2D eigenvalue weighted by molar-refractivity contribution is 7.91. The van der Waals surface area contributed by atoms with Crippen molar-refractivity contribution in [3.05, 3.63) is 28.3 Å². The van der Waals surface area contributed by atoms with Gasteiger partial charge in [-0.25, -0.2) is 8.42 Å². The van der Waals surface area contributed by atoms with E-state index in [2.05, 4.69) is 5.32 Å². The van der Waals surface area contributed by atoms with E-state index in [9.17, 15) is 23.6 Å². The first-order chi connectivity index (χ1) is 9.78. The number of phenols is 1. The number of benzene rings is 1. The van der Waals surface area contributed by atoms with Crippen molar-refractivity contribution >= 4 is 38.5 Å². The number of thiocarbonyl (C=S) groups is 1. The van der Waals surface area contributed by atoms with E-state index in [1.165, 1.54) is 17.0 Å². The number of hydrogen-bond acceptors (Lipinski definition) is 6. The minimum Gasteiger partial charge on any atom is -0.505 e. The molecule has 0 amide bonds. The third kappa shape index (κ3) is 2.29. The Morgan fingerprint density at radius 3 is 2.76 bits per heavy atom. The third-order valence-corrected chi connectivity index (χ3v) is 5.64. The SMILES string of the molecule is O=[N+]([O-])c1ccc(N2C(=S)NC3CS(=O)(=O)CC32)c(O)c1. The average Bonchev–Trinajstić information content (AvgIpc) is 2.80. The molecule has 2 aliphatic rings. The van der Waals surface area contributed by atoms with Crippen LogP contribution in [0.1, 0.15) is 0 Å². The van der Waals surface area contributed by atoms with E-state index in [1.54, 1.807) is 0 Å². The topological polar surface area (TPSA) is 113 Å². The van der Waals surface area contributed by atoms with Gasteiger partial charge in [0.1, 0.15) is 5.75 Å². The number of phenolic OH excluding ortho intramolecular Hbond substituents is 1. The van der Waals surface area contributed by atoms with E-state index in [0.717, 1.165) is 6.07 Å². The van der Waals surface area contributed by atoms with Crippen molar-refractivity contribution in [1.82, 2.24) is 5.32 Å². The van der Waals surface area contributed by atoms with E-state index >= 15 is 0 Å². The van der Waals surface area contributed by atoms with Crippen LogP contribution in [0.5, 0.6) is 5.75 Å². The Hall–Kier alpha value is -1.94. The Balaban J connectivity index is 2.00. The molecular formula is C11H11N3O5S2.